The minimum absolute atomic E-state index is 0.0816. The molecule has 0 saturated carbocycles. The molecule has 0 heterocycles. The van der Waals surface area contributed by atoms with E-state index in [0.29, 0.717) is 0 Å². The first-order valence-corrected chi connectivity index (χ1v) is 6.42. The van der Waals surface area contributed by atoms with Crippen LogP contribution in [0.1, 0.15) is 24.8 Å². The summed E-state index contributed by atoms with van der Waals surface area (Å²) in [5.41, 5.74) is 0.0816. The average Bonchev–Trinajstić information content (AvgIpc) is 2.15. The summed E-state index contributed by atoms with van der Waals surface area (Å²) in [6, 6.07) is 7.49. The molecule has 0 saturated heterocycles. The van der Waals surface area contributed by atoms with Crippen LogP contribution in [0.5, 0.6) is 0 Å². The summed E-state index contributed by atoms with van der Waals surface area (Å²) >= 11 is 0. The van der Waals surface area contributed by atoms with Gasteiger partial charge >= 0.3 is 15.5 Å². The molecule has 0 radical (unpaired) electrons. The molecule has 17 heavy (non-hydrogen) atoms. The second kappa shape index (κ2) is 5.24. The maximum absolute atomic E-state index is 11.7. The molecule has 1 aromatic carbocycles. The van der Waals surface area contributed by atoms with Gasteiger partial charge in [0.05, 0.1) is 6.10 Å². The van der Waals surface area contributed by atoms with Gasteiger partial charge in [-0.25, -0.2) is 0 Å². The second-order valence-corrected chi connectivity index (χ2v) is 5.31. The van der Waals surface area contributed by atoms with Gasteiger partial charge in [0.1, 0.15) is 0 Å². The third kappa shape index (κ3) is 3.50. The van der Waals surface area contributed by atoms with Crippen LogP contribution >= 0.6 is 0 Å². The van der Waals surface area contributed by atoms with Crippen LogP contribution in [0.25, 0.3) is 0 Å². The fourth-order valence-corrected chi connectivity index (χ4v) is 2.68. The number of hydrogen-bond acceptors (Lipinski definition) is 5. The maximum Gasteiger partial charge on any atom is 0.359 e. The highest BCUT2D eigenvalue weighted by molar-refractivity contribution is 7.86. The summed E-state index contributed by atoms with van der Waals surface area (Å²) in [5, 5.41) is 8.99. The normalized spacial score (nSPS) is 13.6. The molecule has 1 rings (SSSR count). The van der Waals surface area contributed by atoms with Crippen LogP contribution in [0, 0.1) is 10.1 Å². The average molecular weight is 259 g/mol. The largest absolute Gasteiger partial charge is 0.359 e. The lowest BCUT2D eigenvalue weighted by atomic mass is 10.2. The molecule has 0 fully saturated rings. The minimum atomic E-state index is -4.27. The van der Waals surface area contributed by atoms with Gasteiger partial charge in [0, 0.05) is 10.5 Å². The molecule has 0 amide bonds. The molecule has 94 valence electrons. The molecule has 0 aliphatic rings. The van der Waals surface area contributed by atoms with Crippen LogP contribution < -0.4 is 0 Å². The van der Waals surface area contributed by atoms with E-state index in [1.165, 1.54) is 38.1 Å². The Labute approximate surface area is 99.5 Å². The van der Waals surface area contributed by atoms with Gasteiger partial charge in [-0.1, -0.05) is 30.3 Å². The van der Waals surface area contributed by atoms with E-state index >= 15 is 0 Å². The predicted octanol–water partition coefficient (Wildman–Crippen LogP) is 1.72. The Morgan fingerprint density at radius 2 is 1.76 bits per heavy atom. The molecule has 0 aromatic heterocycles. The summed E-state index contributed by atoms with van der Waals surface area (Å²) < 4.78 is 28.1. The van der Waals surface area contributed by atoms with E-state index in [1.807, 2.05) is 0 Å². The van der Waals surface area contributed by atoms with E-state index in [4.69, 9.17) is 0 Å². The SMILES string of the molecule is CC(C)OS(=O)(=O)C(c1ccccc1)[N+](=O)[O-]. The van der Waals surface area contributed by atoms with Crippen molar-refractivity contribution in [1.29, 1.82) is 0 Å². The van der Waals surface area contributed by atoms with Gasteiger partial charge in [-0.15, -0.1) is 0 Å². The van der Waals surface area contributed by atoms with Crippen molar-refractivity contribution in [2.24, 2.45) is 0 Å². The molecule has 0 aliphatic carbocycles. The van der Waals surface area contributed by atoms with Gasteiger partial charge in [-0.3, -0.25) is 14.3 Å². The van der Waals surface area contributed by atoms with E-state index in [0.717, 1.165) is 0 Å². The van der Waals surface area contributed by atoms with Crippen LogP contribution in [-0.4, -0.2) is 19.4 Å². The quantitative estimate of drug-likeness (QED) is 0.456. The molecular formula is C10H13NO5S. The number of rotatable bonds is 5. The zero-order chi connectivity index (χ0) is 13.1. The molecule has 0 aliphatic heterocycles. The third-order valence-corrected chi connectivity index (χ3v) is 3.52. The topological polar surface area (TPSA) is 86.5 Å². The summed E-state index contributed by atoms with van der Waals surface area (Å²) in [6.07, 6.45) is -0.633. The summed E-state index contributed by atoms with van der Waals surface area (Å²) in [4.78, 5) is 10.0. The lowest BCUT2D eigenvalue weighted by molar-refractivity contribution is -0.504. The Morgan fingerprint density at radius 3 is 2.18 bits per heavy atom. The van der Waals surface area contributed by atoms with Crippen molar-refractivity contribution in [3.8, 4) is 0 Å². The molecule has 1 aromatic rings. The first-order valence-electron chi connectivity index (χ1n) is 4.95. The highest BCUT2D eigenvalue weighted by atomic mass is 32.2. The van der Waals surface area contributed by atoms with E-state index in [2.05, 4.69) is 4.18 Å². The molecule has 0 bridgehead atoms. The van der Waals surface area contributed by atoms with Gasteiger partial charge in [0.25, 0.3) is 0 Å². The Bertz CT molecular complexity index is 483. The highest BCUT2D eigenvalue weighted by Crippen LogP contribution is 2.25. The van der Waals surface area contributed by atoms with Crippen LogP contribution in [-0.2, 0) is 14.3 Å². The fourth-order valence-electron chi connectivity index (χ4n) is 1.33. The zero-order valence-corrected chi connectivity index (χ0v) is 10.3. The van der Waals surface area contributed by atoms with Crippen molar-refractivity contribution in [2.45, 2.75) is 25.3 Å². The smallest absolute Gasteiger partial charge is 0.263 e. The second-order valence-electron chi connectivity index (χ2n) is 3.69. The predicted molar refractivity (Wildman–Crippen MR) is 61.3 cm³/mol. The van der Waals surface area contributed by atoms with Crippen molar-refractivity contribution < 1.29 is 17.5 Å². The van der Waals surface area contributed by atoms with E-state index in [1.54, 1.807) is 6.07 Å². The minimum Gasteiger partial charge on any atom is -0.263 e. The fraction of sp³-hybridized carbons (Fsp3) is 0.400. The van der Waals surface area contributed by atoms with Gasteiger partial charge in [-0.2, -0.15) is 8.42 Å². The van der Waals surface area contributed by atoms with Crippen molar-refractivity contribution >= 4 is 10.1 Å². The van der Waals surface area contributed by atoms with Crippen LogP contribution in [0.3, 0.4) is 0 Å². The standard InChI is InChI=1S/C10H13NO5S/c1-8(2)16-17(14,15)10(11(12)13)9-6-4-3-5-7-9/h3-8,10H,1-2H3. The molecule has 0 N–H and O–H groups in total. The number of nitrogens with zero attached hydrogens (tertiary/aromatic N) is 1. The first-order chi connectivity index (χ1) is 7.84. The molecule has 6 nitrogen and oxygen atoms in total. The van der Waals surface area contributed by atoms with Crippen LogP contribution in [0.15, 0.2) is 30.3 Å². The lowest BCUT2D eigenvalue weighted by Crippen LogP contribution is -2.25. The number of nitro groups is 1. The van der Waals surface area contributed by atoms with Crippen molar-refractivity contribution in [1.82, 2.24) is 0 Å². The summed E-state index contributed by atoms with van der Waals surface area (Å²) in [7, 11) is -4.27. The molecule has 1 atom stereocenters. The van der Waals surface area contributed by atoms with E-state index in [9.17, 15) is 18.5 Å². The van der Waals surface area contributed by atoms with Gasteiger partial charge in [0.15, 0.2) is 0 Å². The van der Waals surface area contributed by atoms with Crippen molar-refractivity contribution in [3.05, 3.63) is 46.0 Å². The van der Waals surface area contributed by atoms with Gasteiger partial charge in [-0.05, 0) is 13.8 Å². The third-order valence-electron chi connectivity index (χ3n) is 1.88. The molecule has 7 heteroatoms. The monoisotopic (exact) mass is 259 g/mol. The Kier molecular flexibility index (Phi) is 4.19. The van der Waals surface area contributed by atoms with Crippen molar-refractivity contribution in [2.75, 3.05) is 0 Å². The van der Waals surface area contributed by atoms with Gasteiger partial charge < -0.3 is 0 Å². The zero-order valence-electron chi connectivity index (χ0n) is 9.44. The number of hydrogen-bond donors (Lipinski definition) is 0. The van der Waals surface area contributed by atoms with E-state index < -0.39 is 26.5 Å². The number of benzene rings is 1. The highest BCUT2D eigenvalue weighted by Gasteiger charge is 2.39. The molecule has 1 unspecified atom stereocenters. The summed E-state index contributed by atoms with van der Waals surface area (Å²) in [6.45, 7) is 3.00. The lowest BCUT2D eigenvalue weighted by Gasteiger charge is -2.12. The maximum atomic E-state index is 11.7. The Balaban J connectivity index is 3.16. The van der Waals surface area contributed by atoms with Crippen molar-refractivity contribution in [3.63, 3.8) is 0 Å². The first kappa shape index (κ1) is 13.6. The van der Waals surface area contributed by atoms with Crippen LogP contribution in [0.4, 0.5) is 0 Å². The molecular weight excluding hydrogens is 246 g/mol. The summed E-state index contributed by atoms with van der Waals surface area (Å²) in [5.74, 6) is 0. The van der Waals surface area contributed by atoms with Crippen LogP contribution in [0.2, 0.25) is 0 Å². The Hall–Kier alpha value is -1.47. The Morgan fingerprint density at radius 1 is 1.24 bits per heavy atom. The van der Waals surface area contributed by atoms with E-state index in [-0.39, 0.29) is 5.56 Å². The van der Waals surface area contributed by atoms with Gasteiger partial charge in [0.2, 0.25) is 0 Å². The molecule has 0 spiro atoms.